The molecule has 0 radical (unpaired) electrons. The fourth-order valence-electron chi connectivity index (χ4n) is 1.59. The quantitative estimate of drug-likeness (QED) is 0.632. The van der Waals surface area contributed by atoms with Crippen molar-refractivity contribution in [1.29, 1.82) is 0 Å². The standard InChI is InChI=1S/C15H19NO3/c1-4-5-6-12-7-9-13(10-8-12)14(17)16-11(2)15(18)19-3/h7-10H,2,4-6H2,1,3H3,(H,16,17). The Bertz CT molecular complexity index is 463. The van der Waals surface area contributed by atoms with Crippen LogP contribution in [-0.2, 0) is 16.0 Å². The number of rotatable bonds is 6. The van der Waals surface area contributed by atoms with Gasteiger partial charge in [-0.05, 0) is 30.5 Å². The Hall–Kier alpha value is -2.10. The number of unbranched alkanes of at least 4 members (excludes halogenated alkanes) is 1. The van der Waals surface area contributed by atoms with Gasteiger partial charge >= 0.3 is 5.97 Å². The fraction of sp³-hybridized carbons (Fsp3) is 0.333. The van der Waals surface area contributed by atoms with Crippen molar-refractivity contribution in [3.63, 3.8) is 0 Å². The molecule has 4 nitrogen and oxygen atoms in total. The molecule has 1 N–H and O–H groups in total. The molecule has 0 saturated carbocycles. The Morgan fingerprint density at radius 3 is 2.42 bits per heavy atom. The molecule has 4 heteroatoms. The van der Waals surface area contributed by atoms with Gasteiger partial charge in [-0.25, -0.2) is 4.79 Å². The molecule has 0 unspecified atom stereocenters. The molecule has 0 aliphatic carbocycles. The van der Waals surface area contributed by atoms with Crippen molar-refractivity contribution in [2.24, 2.45) is 0 Å². The molecule has 19 heavy (non-hydrogen) atoms. The van der Waals surface area contributed by atoms with Crippen molar-refractivity contribution in [1.82, 2.24) is 5.32 Å². The van der Waals surface area contributed by atoms with E-state index in [0.717, 1.165) is 19.3 Å². The minimum Gasteiger partial charge on any atom is -0.464 e. The van der Waals surface area contributed by atoms with Gasteiger partial charge in [0.15, 0.2) is 0 Å². The van der Waals surface area contributed by atoms with Crippen molar-refractivity contribution in [2.45, 2.75) is 26.2 Å². The number of esters is 1. The first-order valence-corrected chi connectivity index (χ1v) is 6.26. The summed E-state index contributed by atoms with van der Waals surface area (Å²) in [5, 5.41) is 2.40. The molecule has 102 valence electrons. The molecular formula is C15H19NO3. The van der Waals surface area contributed by atoms with Crippen LogP contribution >= 0.6 is 0 Å². The van der Waals surface area contributed by atoms with E-state index in [1.54, 1.807) is 12.1 Å². The van der Waals surface area contributed by atoms with Crippen molar-refractivity contribution in [3.05, 3.63) is 47.7 Å². The zero-order valence-corrected chi connectivity index (χ0v) is 11.4. The number of ether oxygens (including phenoxy) is 1. The number of amides is 1. The molecule has 1 rings (SSSR count). The van der Waals surface area contributed by atoms with Gasteiger partial charge in [0.1, 0.15) is 5.70 Å². The molecule has 0 aliphatic rings. The second kappa shape index (κ2) is 7.36. The molecule has 0 spiro atoms. The van der Waals surface area contributed by atoms with E-state index in [-0.39, 0.29) is 11.6 Å². The lowest BCUT2D eigenvalue weighted by molar-refractivity contribution is -0.136. The van der Waals surface area contributed by atoms with E-state index in [4.69, 9.17) is 0 Å². The van der Waals surface area contributed by atoms with Gasteiger partial charge in [-0.2, -0.15) is 0 Å². The Morgan fingerprint density at radius 1 is 1.26 bits per heavy atom. The van der Waals surface area contributed by atoms with Gasteiger partial charge in [0.25, 0.3) is 5.91 Å². The molecule has 1 amide bonds. The van der Waals surface area contributed by atoms with E-state index < -0.39 is 5.97 Å². The third-order valence-corrected chi connectivity index (χ3v) is 2.73. The van der Waals surface area contributed by atoms with Crippen LogP contribution in [0.25, 0.3) is 0 Å². The molecule has 0 aromatic heterocycles. The lowest BCUT2D eigenvalue weighted by Crippen LogP contribution is -2.27. The number of nitrogens with one attached hydrogen (secondary N) is 1. The van der Waals surface area contributed by atoms with Gasteiger partial charge < -0.3 is 10.1 Å². The summed E-state index contributed by atoms with van der Waals surface area (Å²) in [4.78, 5) is 22.9. The summed E-state index contributed by atoms with van der Waals surface area (Å²) in [6.45, 7) is 5.58. The minimum absolute atomic E-state index is 0.0671. The number of hydrogen-bond donors (Lipinski definition) is 1. The first kappa shape index (κ1) is 15.0. The van der Waals surface area contributed by atoms with Crippen LogP contribution in [0.3, 0.4) is 0 Å². The number of carbonyl (C=O) groups is 2. The summed E-state index contributed by atoms with van der Waals surface area (Å²) in [6.07, 6.45) is 3.28. The summed E-state index contributed by atoms with van der Waals surface area (Å²) in [5.41, 5.74) is 1.62. The smallest absolute Gasteiger partial charge is 0.353 e. The fourth-order valence-corrected chi connectivity index (χ4v) is 1.59. The van der Waals surface area contributed by atoms with E-state index in [0.29, 0.717) is 5.56 Å². The van der Waals surface area contributed by atoms with Gasteiger partial charge in [0.05, 0.1) is 7.11 Å². The van der Waals surface area contributed by atoms with Crippen LogP contribution in [-0.4, -0.2) is 19.0 Å². The summed E-state index contributed by atoms with van der Waals surface area (Å²) in [7, 11) is 1.24. The molecule has 0 aliphatic heterocycles. The van der Waals surface area contributed by atoms with E-state index in [1.807, 2.05) is 12.1 Å². The Morgan fingerprint density at radius 2 is 1.89 bits per heavy atom. The average Bonchev–Trinajstić information content (AvgIpc) is 2.44. The molecule has 0 saturated heterocycles. The highest BCUT2D eigenvalue weighted by molar-refractivity contribution is 6.00. The maximum atomic E-state index is 11.8. The molecule has 0 heterocycles. The SMILES string of the molecule is C=C(NC(=O)c1ccc(CCCC)cc1)C(=O)OC. The zero-order chi connectivity index (χ0) is 14.3. The number of carbonyl (C=O) groups excluding carboxylic acids is 2. The molecule has 1 aromatic carbocycles. The van der Waals surface area contributed by atoms with Crippen LogP contribution in [0.2, 0.25) is 0 Å². The third kappa shape index (κ3) is 4.58. The van der Waals surface area contributed by atoms with Crippen LogP contribution in [0.5, 0.6) is 0 Å². The van der Waals surface area contributed by atoms with Crippen molar-refractivity contribution in [3.8, 4) is 0 Å². The Balaban J connectivity index is 2.62. The van der Waals surface area contributed by atoms with Gasteiger partial charge in [-0.1, -0.05) is 32.1 Å². The minimum atomic E-state index is -0.645. The Kier molecular flexibility index (Phi) is 5.79. The lowest BCUT2D eigenvalue weighted by Gasteiger charge is -2.07. The van der Waals surface area contributed by atoms with Gasteiger partial charge in [0.2, 0.25) is 0 Å². The highest BCUT2D eigenvalue weighted by Crippen LogP contribution is 2.08. The Labute approximate surface area is 113 Å². The monoisotopic (exact) mass is 261 g/mol. The van der Waals surface area contributed by atoms with E-state index in [1.165, 1.54) is 12.7 Å². The van der Waals surface area contributed by atoms with E-state index in [2.05, 4.69) is 23.6 Å². The van der Waals surface area contributed by atoms with Crippen LogP contribution in [0.4, 0.5) is 0 Å². The first-order chi connectivity index (χ1) is 9.08. The maximum absolute atomic E-state index is 11.8. The number of methoxy groups -OCH3 is 1. The van der Waals surface area contributed by atoms with Crippen molar-refractivity contribution < 1.29 is 14.3 Å². The van der Waals surface area contributed by atoms with Crippen LogP contribution < -0.4 is 5.32 Å². The molecule has 0 atom stereocenters. The van der Waals surface area contributed by atoms with E-state index >= 15 is 0 Å². The number of benzene rings is 1. The molecule has 1 aromatic rings. The average molecular weight is 261 g/mol. The summed E-state index contributed by atoms with van der Waals surface area (Å²) >= 11 is 0. The summed E-state index contributed by atoms with van der Waals surface area (Å²) in [6, 6.07) is 7.33. The second-order valence-electron chi connectivity index (χ2n) is 4.22. The third-order valence-electron chi connectivity index (χ3n) is 2.73. The van der Waals surface area contributed by atoms with E-state index in [9.17, 15) is 9.59 Å². The predicted molar refractivity (Wildman–Crippen MR) is 73.7 cm³/mol. The van der Waals surface area contributed by atoms with Crippen molar-refractivity contribution >= 4 is 11.9 Å². The first-order valence-electron chi connectivity index (χ1n) is 6.26. The van der Waals surface area contributed by atoms with Gasteiger partial charge in [0, 0.05) is 5.56 Å². The van der Waals surface area contributed by atoms with Gasteiger partial charge in [-0.15, -0.1) is 0 Å². The lowest BCUT2D eigenvalue weighted by atomic mass is 10.1. The summed E-state index contributed by atoms with van der Waals surface area (Å²) in [5.74, 6) is -1.01. The summed E-state index contributed by atoms with van der Waals surface area (Å²) < 4.78 is 4.46. The largest absolute Gasteiger partial charge is 0.464 e. The van der Waals surface area contributed by atoms with Gasteiger partial charge in [-0.3, -0.25) is 4.79 Å². The highest BCUT2D eigenvalue weighted by atomic mass is 16.5. The predicted octanol–water partition coefficient (Wildman–Crippen LogP) is 2.45. The normalized spacial score (nSPS) is 9.79. The zero-order valence-electron chi connectivity index (χ0n) is 11.4. The maximum Gasteiger partial charge on any atom is 0.353 e. The topological polar surface area (TPSA) is 55.4 Å². The molecular weight excluding hydrogens is 242 g/mol. The number of hydrogen-bond acceptors (Lipinski definition) is 3. The van der Waals surface area contributed by atoms with Crippen molar-refractivity contribution in [2.75, 3.05) is 7.11 Å². The van der Waals surface area contributed by atoms with Crippen LogP contribution in [0.15, 0.2) is 36.5 Å². The second-order valence-corrected chi connectivity index (χ2v) is 4.22. The van der Waals surface area contributed by atoms with Crippen LogP contribution in [0.1, 0.15) is 35.7 Å². The number of aryl methyl sites for hydroxylation is 1. The highest BCUT2D eigenvalue weighted by Gasteiger charge is 2.12. The molecule has 0 fully saturated rings. The molecule has 0 bridgehead atoms. The van der Waals surface area contributed by atoms with Crippen LogP contribution in [0, 0.1) is 0 Å².